The molecule has 0 unspecified atom stereocenters. The van der Waals surface area contributed by atoms with Crippen LogP contribution in [0.3, 0.4) is 0 Å². The van der Waals surface area contributed by atoms with Crippen LogP contribution in [0, 0.1) is 35.3 Å². The van der Waals surface area contributed by atoms with E-state index in [-0.39, 0.29) is 44.5 Å². The van der Waals surface area contributed by atoms with E-state index in [0.717, 1.165) is 81.4 Å². The van der Waals surface area contributed by atoms with Crippen molar-refractivity contribution in [2.45, 2.75) is 59.5 Å². The lowest BCUT2D eigenvalue weighted by molar-refractivity contribution is -0.187. The van der Waals surface area contributed by atoms with E-state index in [9.17, 15) is 9.90 Å². The number of carbonyl (C=O) groups excluding carboxylic acids is 1. The van der Waals surface area contributed by atoms with Gasteiger partial charge in [-0.3, -0.25) is 0 Å². The molecule has 9 nitrogen and oxygen atoms in total. The maximum atomic E-state index is 15.6. The predicted octanol–water partition coefficient (Wildman–Crippen LogP) is 14.1. The number of rotatable bonds is 18. The monoisotopic (exact) mass is 950 g/mol. The fourth-order valence-electron chi connectivity index (χ4n) is 7.20. The van der Waals surface area contributed by atoms with Gasteiger partial charge in [-0.15, -0.1) is 11.3 Å². The van der Waals surface area contributed by atoms with Gasteiger partial charge in [0.15, 0.2) is 11.6 Å². The molecule has 1 fully saturated rings. The number of aryl methyl sites for hydroxylation is 1. The molecule has 0 bridgehead atoms. The Hall–Kier alpha value is -6.61. The maximum Gasteiger partial charge on any atom is 0.429 e. The first kappa shape index (κ1) is 50.8. The highest BCUT2D eigenvalue weighted by atomic mass is 32.1. The minimum atomic E-state index is -4.36. The number of carbonyl (C=O) groups is 1. The highest BCUT2D eigenvalue weighted by Crippen LogP contribution is 2.42. The number of esters is 1. The Kier molecular flexibility index (Phi) is 17.9. The molecular weight excluding hydrogens is 897 g/mol. The van der Waals surface area contributed by atoms with Crippen LogP contribution in [-0.4, -0.2) is 56.0 Å². The van der Waals surface area contributed by atoms with Gasteiger partial charge in [-0.25, -0.2) is 13.6 Å². The van der Waals surface area contributed by atoms with Crippen LogP contribution in [0.5, 0.6) is 23.0 Å². The second-order valence-electron chi connectivity index (χ2n) is 15.8. The van der Waals surface area contributed by atoms with Crippen molar-refractivity contribution in [3.8, 4) is 34.1 Å². The van der Waals surface area contributed by atoms with Crippen molar-refractivity contribution in [1.29, 1.82) is 10.8 Å². The molecule has 0 radical (unpaired) electrons. The van der Waals surface area contributed by atoms with E-state index in [0.29, 0.717) is 29.5 Å². The van der Waals surface area contributed by atoms with Crippen LogP contribution in [0.2, 0.25) is 0 Å². The number of benzene rings is 6. The van der Waals surface area contributed by atoms with Gasteiger partial charge < -0.3 is 39.6 Å². The molecule has 0 amide bonds. The molecular formula is C54H54F4N2O7S. The van der Waals surface area contributed by atoms with Crippen molar-refractivity contribution >= 4 is 50.1 Å². The molecule has 0 aliphatic carbocycles. The van der Waals surface area contributed by atoms with Crippen LogP contribution >= 0.6 is 11.3 Å². The Morgan fingerprint density at radius 2 is 1.53 bits per heavy atom. The molecule has 1 aromatic heterocycles. The van der Waals surface area contributed by atoms with Crippen LogP contribution in [0.15, 0.2) is 115 Å². The zero-order chi connectivity index (χ0) is 48.8. The molecule has 0 atom stereocenters. The SMILES string of the molecule is CC.CC(=N)c1cc2ccccc2s1.Cc1cc(C(=O)Oc2c(C=N)cc(OC(F)(F)c3ccc(-c4ccc(O)cc4)c(F)c3F)c3ccccc23)ccc1OCCCCCCOCC1COC1. The van der Waals surface area contributed by atoms with Crippen LogP contribution in [-0.2, 0) is 15.6 Å². The van der Waals surface area contributed by atoms with Crippen LogP contribution in [0.1, 0.15) is 78.4 Å². The Bertz CT molecular complexity index is 2810. The highest BCUT2D eigenvalue weighted by Gasteiger charge is 2.40. The molecule has 3 N–H and O–H groups in total. The fraction of sp³-hybridized carbons (Fsp3) is 0.278. The van der Waals surface area contributed by atoms with E-state index in [1.165, 1.54) is 46.5 Å². The zero-order valence-electron chi connectivity index (χ0n) is 38.3. The molecule has 0 saturated carbocycles. The first-order chi connectivity index (χ1) is 32.8. The summed E-state index contributed by atoms with van der Waals surface area (Å²) in [5, 5.41) is 26.5. The van der Waals surface area contributed by atoms with Crippen molar-refractivity contribution in [1.82, 2.24) is 0 Å². The number of hydrogen-bond donors (Lipinski definition) is 3. The molecule has 8 rings (SSSR count). The van der Waals surface area contributed by atoms with Crippen LogP contribution in [0.4, 0.5) is 17.6 Å². The predicted molar refractivity (Wildman–Crippen MR) is 261 cm³/mol. The molecule has 7 aromatic rings. The Balaban J connectivity index is 0.000000465. The van der Waals surface area contributed by atoms with Crippen molar-refractivity contribution in [3.05, 3.63) is 154 Å². The van der Waals surface area contributed by atoms with Gasteiger partial charge in [0, 0.05) is 55.9 Å². The van der Waals surface area contributed by atoms with Gasteiger partial charge in [-0.1, -0.05) is 80.9 Å². The minimum Gasteiger partial charge on any atom is -0.508 e. The van der Waals surface area contributed by atoms with Gasteiger partial charge in [0.05, 0.1) is 32.0 Å². The highest BCUT2D eigenvalue weighted by molar-refractivity contribution is 7.20. The molecule has 1 saturated heterocycles. The number of ether oxygens (including phenoxy) is 5. The van der Waals surface area contributed by atoms with Crippen molar-refractivity contribution in [2.24, 2.45) is 5.92 Å². The van der Waals surface area contributed by atoms with E-state index >= 15 is 17.6 Å². The van der Waals surface area contributed by atoms with Gasteiger partial charge in [0.25, 0.3) is 0 Å². The summed E-state index contributed by atoms with van der Waals surface area (Å²) >= 11 is 1.68. The molecule has 1 aliphatic heterocycles. The van der Waals surface area contributed by atoms with Crippen LogP contribution in [0.25, 0.3) is 32.0 Å². The number of alkyl halides is 2. The second-order valence-corrected chi connectivity index (χ2v) is 16.9. The van der Waals surface area contributed by atoms with Gasteiger partial charge in [-0.2, -0.15) is 8.78 Å². The number of phenolic OH excluding ortho intramolecular Hbond substituents is 1. The van der Waals surface area contributed by atoms with Gasteiger partial charge in [0.2, 0.25) is 0 Å². The standard InChI is InChI=1S/C42H39F4NO7.C10H9NS.C2H6/c1-26-20-29(12-17-36(26)52-19-7-3-2-6-18-50-23-27-24-51-25-27)41(49)53-40-30(22-47)21-37(33-8-4-5-9-34(33)40)54-42(45,46)35-16-15-32(38(43)39(35)44)28-10-13-31(48)14-11-28;1-7(11)10-6-8-4-2-3-5-9(8)12-10;1-2/h4-5,8-17,20-22,27,47-48H,2-3,6-7,18-19,23-25H2,1H3;2-6,11H,1H3;1-2H3. The van der Waals surface area contributed by atoms with E-state index in [1.54, 1.807) is 48.6 Å². The number of nitrogens with one attached hydrogen (secondary N) is 2. The summed E-state index contributed by atoms with van der Waals surface area (Å²) in [5.41, 5.74) is 0.0212. The number of fused-ring (bicyclic) bond motifs is 2. The lowest BCUT2D eigenvalue weighted by atomic mass is 10.0. The Morgan fingerprint density at radius 1 is 0.838 bits per heavy atom. The fourth-order valence-corrected chi connectivity index (χ4v) is 8.17. The lowest BCUT2D eigenvalue weighted by Crippen LogP contribution is -2.31. The van der Waals surface area contributed by atoms with E-state index in [1.807, 2.05) is 32.9 Å². The average Bonchev–Trinajstić information content (AvgIpc) is 3.77. The summed E-state index contributed by atoms with van der Waals surface area (Å²) in [5.74, 6) is -3.57. The second kappa shape index (κ2) is 23.9. The van der Waals surface area contributed by atoms with Gasteiger partial charge >= 0.3 is 12.1 Å². The number of unbranched alkanes of at least 4 members (excludes halogenated alkanes) is 3. The first-order valence-corrected chi connectivity index (χ1v) is 23.2. The molecule has 6 aromatic carbocycles. The quantitative estimate of drug-likeness (QED) is 0.0257. The summed E-state index contributed by atoms with van der Waals surface area (Å²) in [7, 11) is 0. The average molecular weight is 951 g/mol. The van der Waals surface area contributed by atoms with Gasteiger partial charge in [0.1, 0.15) is 28.6 Å². The van der Waals surface area contributed by atoms with E-state index in [4.69, 9.17) is 34.5 Å². The number of thiophene rings is 1. The molecule has 356 valence electrons. The van der Waals surface area contributed by atoms with Gasteiger partial charge in [-0.05, 0) is 104 Å². The minimum absolute atomic E-state index is 0.0709. The molecule has 14 heteroatoms. The topological polar surface area (TPSA) is 131 Å². The van der Waals surface area contributed by atoms with Crippen molar-refractivity contribution in [3.63, 3.8) is 0 Å². The van der Waals surface area contributed by atoms with Crippen LogP contribution < -0.4 is 14.2 Å². The third kappa shape index (κ3) is 12.7. The smallest absolute Gasteiger partial charge is 0.429 e. The number of aromatic hydroxyl groups is 1. The number of phenols is 1. The summed E-state index contributed by atoms with van der Waals surface area (Å²) in [6.07, 6.45) is 0.331. The third-order valence-corrected chi connectivity index (χ3v) is 12.1. The largest absolute Gasteiger partial charge is 0.508 e. The van der Waals surface area contributed by atoms with E-state index < -0.39 is 35.0 Å². The maximum absolute atomic E-state index is 15.6. The Labute approximate surface area is 397 Å². The normalized spacial score (nSPS) is 12.3. The number of hydrogen-bond acceptors (Lipinski definition) is 10. The summed E-state index contributed by atoms with van der Waals surface area (Å²) in [4.78, 5) is 14.4. The third-order valence-electron chi connectivity index (χ3n) is 10.9. The summed E-state index contributed by atoms with van der Waals surface area (Å²) in [6.45, 7) is 11.2. The molecule has 2 heterocycles. The number of halogens is 4. The molecule has 68 heavy (non-hydrogen) atoms. The van der Waals surface area contributed by atoms with Crippen molar-refractivity contribution < 1.29 is 51.1 Å². The van der Waals surface area contributed by atoms with Crippen molar-refractivity contribution in [2.75, 3.05) is 33.0 Å². The zero-order valence-corrected chi connectivity index (χ0v) is 39.1. The Morgan fingerprint density at radius 3 is 2.19 bits per heavy atom. The lowest BCUT2D eigenvalue weighted by Gasteiger charge is -2.25. The first-order valence-electron chi connectivity index (χ1n) is 22.4. The summed E-state index contributed by atoms with van der Waals surface area (Å²) in [6, 6.07) is 29.2. The van der Waals surface area contributed by atoms with E-state index in [2.05, 4.69) is 18.2 Å². The molecule has 0 spiro atoms. The molecule has 1 aliphatic rings. The summed E-state index contributed by atoms with van der Waals surface area (Å²) < 4.78 is 90.3.